The SMILES string of the molecule is O=C(NCc1ccc(Cl)cc1)c1cccnc1SCc1ccncc1. The summed E-state index contributed by atoms with van der Waals surface area (Å²) in [5.74, 6) is 0.595. The maximum Gasteiger partial charge on any atom is 0.254 e. The zero-order valence-electron chi connectivity index (χ0n) is 13.4. The van der Waals surface area contributed by atoms with Gasteiger partial charge in [0.15, 0.2) is 0 Å². The number of nitrogens with zero attached hydrogens (tertiary/aromatic N) is 2. The minimum Gasteiger partial charge on any atom is -0.348 e. The highest BCUT2D eigenvalue weighted by atomic mass is 35.5. The molecule has 0 aliphatic heterocycles. The maximum atomic E-state index is 12.5. The van der Waals surface area contributed by atoms with Crippen molar-refractivity contribution in [2.75, 3.05) is 0 Å². The molecular formula is C19H16ClN3OS. The van der Waals surface area contributed by atoms with Gasteiger partial charge in [0.05, 0.1) is 5.56 Å². The summed E-state index contributed by atoms with van der Waals surface area (Å²) in [6, 6.07) is 14.9. The summed E-state index contributed by atoms with van der Waals surface area (Å²) >= 11 is 7.41. The predicted molar refractivity (Wildman–Crippen MR) is 101 cm³/mol. The first-order valence-corrected chi connectivity index (χ1v) is 9.08. The van der Waals surface area contributed by atoms with Crippen molar-refractivity contribution < 1.29 is 4.79 Å². The van der Waals surface area contributed by atoms with E-state index in [0.29, 0.717) is 22.2 Å². The Kier molecular flexibility index (Phi) is 6.04. The largest absolute Gasteiger partial charge is 0.348 e. The van der Waals surface area contributed by atoms with Crippen LogP contribution in [0.4, 0.5) is 0 Å². The van der Waals surface area contributed by atoms with Crippen LogP contribution in [0.25, 0.3) is 0 Å². The molecule has 126 valence electrons. The molecule has 0 aliphatic rings. The topological polar surface area (TPSA) is 54.9 Å². The molecule has 0 saturated heterocycles. The molecule has 25 heavy (non-hydrogen) atoms. The number of halogens is 1. The van der Waals surface area contributed by atoms with Gasteiger partial charge in [0.2, 0.25) is 0 Å². The van der Waals surface area contributed by atoms with E-state index in [4.69, 9.17) is 11.6 Å². The number of nitrogens with one attached hydrogen (secondary N) is 1. The number of amides is 1. The lowest BCUT2D eigenvalue weighted by Crippen LogP contribution is -2.23. The summed E-state index contributed by atoms with van der Waals surface area (Å²) in [6.07, 6.45) is 5.22. The molecule has 0 fully saturated rings. The quantitative estimate of drug-likeness (QED) is 0.656. The van der Waals surface area contributed by atoms with Gasteiger partial charge in [0.25, 0.3) is 5.91 Å². The fraction of sp³-hybridized carbons (Fsp3) is 0.105. The Morgan fingerprint density at radius 1 is 1.00 bits per heavy atom. The molecule has 0 aliphatic carbocycles. The molecular weight excluding hydrogens is 354 g/mol. The Morgan fingerprint density at radius 3 is 2.52 bits per heavy atom. The third-order valence-corrected chi connectivity index (χ3v) is 4.84. The van der Waals surface area contributed by atoms with E-state index in [0.717, 1.165) is 16.9 Å². The lowest BCUT2D eigenvalue weighted by molar-refractivity contribution is 0.0947. The number of aromatic nitrogens is 2. The van der Waals surface area contributed by atoms with Gasteiger partial charge in [0.1, 0.15) is 5.03 Å². The van der Waals surface area contributed by atoms with Crippen molar-refractivity contribution >= 4 is 29.3 Å². The van der Waals surface area contributed by atoms with Crippen LogP contribution in [0.2, 0.25) is 5.02 Å². The van der Waals surface area contributed by atoms with Crippen molar-refractivity contribution in [1.82, 2.24) is 15.3 Å². The summed E-state index contributed by atoms with van der Waals surface area (Å²) in [7, 11) is 0. The number of benzene rings is 1. The van der Waals surface area contributed by atoms with Crippen LogP contribution in [0, 0.1) is 0 Å². The summed E-state index contributed by atoms with van der Waals surface area (Å²) in [6.45, 7) is 0.444. The molecule has 0 atom stereocenters. The van der Waals surface area contributed by atoms with Crippen LogP contribution < -0.4 is 5.32 Å². The summed E-state index contributed by atoms with van der Waals surface area (Å²) in [5.41, 5.74) is 2.71. The van der Waals surface area contributed by atoms with Crippen LogP contribution in [-0.2, 0) is 12.3 Å². The molecule has 0 unspecified atom stereocenters. The normalized spacial score (nSPS) is 10.4. The lowest BCUT2D eigenvalue weighted by atomic mass is 10.2. The van der Waals surface area contributed by atoms with Gasteiger partial charge in [-0.3, -0.25) is 9.78 Å². The second-order valence-electron chi connectivity index (χ2n) is 5.31. The third-order valence-electron chi connectivity index (χ3n) is 3.51. The molecule has 1 N–H and O–H groups in total. The van der Waals surface area contributed by atoms with E-state index >= 15 is 0 Å². The van der Waals surface area contributed by atoms with Crippen molar-refractivity contribution in [2.24, 2.45) is 0 Å². The molecule has 3 aromatic rings. The standard InChI is InChI=1S/C19H16ClN3OS/c20-16-5-3-14(4-6-16)12-23-18(24)17-2-1-9-22-19(17)25-13-15-7-10-21-11-8-15/h1-11H,12-13H2,(H,23,24). The number of thioether (sulfide) groups is 1. The molecule has 2 heterocycles. The Morgan fingerprint density at radius 2 is 1.76 bits per heavy atom. The van der Waals surface area contributed by atoms with Crippen molar-refractivity contribution in [3.8, 4) is 0 Å². The van der Waals surface area contributed by atoms with Crippen molar-refractivity contribution in [3.05, 3.63) is 88.8 Å². The Bertz CT molecular complexity index is 841. The Labute approximate surface area is 155 Å². The molecule has 0 saturated carbocycles. The summed E-state index contributed by atoms with van der Waals surface area (Å²) in [4.78, 5) is 20.9. The van der Waals surface area contributed by atoms with Gasteiger partial charge in [-0.05, 0) is 47.5 Å². The van der Waals surface area contributed by atoms with E-state index in [1.165, 1.54) is 11.8 Å². The van der Waals surface area contributed by atoms with Gasteiger partial charge >= 0.3 is 0 Å². The Balaban J connectivity index is 1.64. The maximum absolute atomic E-state index is 12.5. The van der Waals surface area contributed by atoms with E-state index < -0.39 is 0 Å². The lowest BCUT2D eigenvalue weighted by Gasteiger charge is -2.09. The molecule has 1 aromatic carbocycles. The molecule has 2 aromatic heterocycles. The minimum absolute atomic E-state index is 0.139. The van der Waals surface area contributed by atoms with Gasteiger partial charge in [-0.2, -0.15) is 0 Å². The van der Waals surface area contributed by atoms with E-state index in [9.17, 15) is 4.79 Å². The predicted octanol–water partition coefficient (Wildman–Crippen LogP) is 4.35. The minimum atomic E-state index is -0.139. The molecule has 3 rings (SSSR count). The summed E-state index contributed by atoms with van der Waals surface area (Å²) in [5, 5.41) is 4.32. The van der Waals surface area contributed by atoms with Crippen molar-refractivity contribution in [1.29, 1.82) is 0 Å². The summed E-state index contributed by atoms with van der Waals surface area (Å²) < 4.78 is 0. The number of pyridine rings is 2. The smallest absolute Gasteiger partial charge is 0.254 e. The fourth-order valence-corrected chi connectivity index (χ4v) is 3.26. The van der Waals surface area contributed by atoms with Gasteiger partial charge in [-0.15, -0.1) is 11.8 Å². The first-order valence-electron chi connectivity index (χ1n) is 7.72. The average Bonchev–Trinajstić information content (AvgIpc) is 2.67. The first-order chi connectivity index (χ1) is 12.2. The molecule has 0 spiro atoms. The number of hydrogen-bond donors (Lipinski definition) is 1. The monoisotopic (exact) mass is 369 g/mol. The number of rotatable bonds is 6. The van der Waals surface area contributed by atoms with Crippen LogP contribution in [0.5, 0.6) is 0 Å². The molecule has 6 heteroatoms. The van der Waals surface area contributed by atoms with Crippen LogP contribution >= 0.6 is 23.4 Å². The molecule has 0 radical (unpaired) electrons. The van der Waals surface area contributed by atoms with Crippen molar-refractivity contribution in [3.63, 3.8) is 0 Å². The van der Waals surface area contributed by atoms with Gasteiger partial charge in [-0.1, -0.05) is 23.7 Å². The molecule has 0 bridgehead atoms. The highest BCUT2D eigenvalue weighted by molar-refractivity contribution is 7.98. The average molecular weight is 370 g/mol. The molecule has 1 amide bonds. The molecule has 4 nitrogen and oxygen atoms in total. The zero-order chi connectivity index (χ0) is 17.5. The second-order valence-corrected chi connectivity index (χ2v) is 6.71. The van der Waals surface area contributed by atoms with E-state index in [-0.39, 0.29) is 5.91 Å². The van der Waals surface area contributed by atoms with Crippen molar-refractivity contribution in [2.45, 2.75) is 17.3 Å². The Hall–Kier alpha value is -2.37. The van der Waals surface area contributed by atoms with E-state index in [2.05, 4.69) is 15.3 Å². The number of hydrogen-bond acceptors (Lipinski definition) is 4. The van der Waals surface area contributed by atoms with Gasteiger partial charge in [0, 0.05) is 35.9 Å². The van der Waals surface area contributed by atoms with Crippen LogP contribution in [-0.4, -0.2) is 15.9 Å². The van der Waals surface area contributed by atoms with Gasteiger partial charge in [-0.25, -0.2) is 4.98 Å². The second kappa shape index (κ2) is 8.65. The van der Waals surface area contributed by atoms with Crippen LogP contribution in [0.3, 0.4) is 0 Å². The van der Waals surface area contributed by atoms with Gasteiger partial charge < -0.3 is 5.32 Å². The van der Waals surface area contributed by atoms with E-state index in [1.807, 2.05) is 36.4 Å². The van der Waals surface area contributed by atoms with Crippen LogP contribution in [0.1, 0.15) is 21.5 Å². The zero-order valence-corrected chi connectivity index (χ0v) is 14.9. The number of carbonyl (C=O) groups is 1. The first kappa shape index (κ1) is 17.5. The van der Waals surface area contributed by atoms with E-state index in [1.54, 1.807) is 30.7 Å². The fourth-order valence-electron chi connectivity index (χ4n) is 2.19. The van der Waals surface area contributed by atoms with Crippen LogP contribution in [0.15, 0.2) is 72.1 Å². The third kappa shape index (κ3) is 5.05. The number of carbonyl (C=O) groups excluding carboxylic acids is 1. The highest BCUT2D eigenvalue weighted by Gasteiger charge is 2.12. The highest BCUT2D eigenvalue weighted by Crippen LogP contribution is 2.24.